The molecule has 3 aromatic rings. The summed E-state index contributed by atoms with van der Waals surface area (Å²) in [7, 11) is 0. The van der Waals surface area contributed by atoms with Crippen molar-refractivity contribution in [2.45, 2.75) is 32.2 Å². The number of fused-ring (bicyclic) bond motifs is 2. The Bertz CT molecular complexity index is 1030. The molecule has 1 aromatic heterocycles. The van der Waals surface area contributed by atoms with Gasteiger partial charge in [0.2, 0.25) is 0 Å². The summed E-state index contributed by atoms with van der Waals surface area (Å²) in [6, 6.07) is 10.3. The Balaban J connectivity index is 2.03. The number of hydrogen-bond acceptors (Lipinski definition) is 2. The zero-order valence-corrected chi connectivity index (χ0v) is 14.8. The molecular weight excluding hydrogens is 344 g/mol. The van der Waals surface area contributed by atoms with Gasteiger partial charge in [-0.2, -0.15) is 8.78 Å². The minimum atomic E-state index is -3.06. The van der Waals surface area contributed by atoms with Crippen LogP contribution in [0.25, 0.3) is 11.0 Å². The zero-order chi connectivity index (χ0) is 18.0. The molecule has 1 aliphatic heterocycles. The van der Waals surface area contributed by atoms with E-state index in [1.807, 2.05) is 19.1 Å². The number of benzene rings is 2. The van der Waals surface area contributed by atoms with Crippen LogP contribution in [0.2, 0.25) is 5.02 Å². The average molecular weight is 360 g/mol. The van der Waals surface area contributed by atoms with Crippen molar-refractivity contribution in [3.05, 3.63) is 64.4 Å². The van der Waals surface area contributed by atoms with Crippen molar-refractivity contribution in [2.75, 3.05) is 0 Å². The maximum atomic E-state index is 14.9. The van der Waals surface area contributed by atoms with Crippen molar-refractivity contribution in [2.24, 2.45) is 4.99 Å². The van der Waals surface area contributed by atoms with E-state index in [0.29, 0.717) is 21.9 Å². The van der Waals surface area contributed by atoms with E-state index in [4.69, 9.17) is 11.6 Å². The van der Waals surface area contributed by atoms with Crippen LogP contribution in [0.15, 0.2) is 47.7 Å². The van der Waals surface area contributed by atoms with Crippen molar-refractivity contribution in [1.29, 1.82) is 0 Å². The highest BCUT2D eigenvalue weighted by Crippen LogP contribution is 2.46. The fraction of sp³-hybridized carbons (Fsp3) is 0.263. The Morgan fingerprint density at radius 2 is 1.80 bits per heavy atom. The van der Waals surface area contributed by atoms with Gasteiger partial charge in [0.15, 0.2) is 0 Å². The lowest BCUT2D eigenvalue weighted by atomic mass is 9.84. The van der Waals surface area contributed by atoms with E-state index in [-0.39, 0.29) is 5.56 Å². The maximum absolute atomic E-state index is 14.9. The van der Waals surface area contributed by atoms with E-state index >= 15 is 0 Å². The summed E-state index contributed by atoms with van der Waals surface area (Å²) in [6.07, 6.45) is 1.59. The fourth-order valence-corrected chi connectivity index (χ4v) is 3.39. The molecule has 2 heterocycles. The van der Waals surface area contributed by atoms with Crippen molar-refractivity contribution < 1.29 is 8.78 Å². The molecule has 128 valence electrons. The number of aliphatic imine (C=N–C) groups is 1. The first kappa shape index (κ1) is 16.2. The number of alkyl halides is 2. The minimum Gasteiger partial charge on any atom is -0.283 e. The van der Waals surface area contributed by atoms with Gasteiger partial charge in [0.05, 0.1) is 10.5 Å². The smallest absolute Gasteiger partial charge is 0.283 e. The maximum Gasteiger partial charge on any atom is 0.298 e. The van der Waals surface area contributed by atoms with Crippen molar-refractivity contribution in [3.63, 3.8) is 0 Å². The van der Waals surface area contributed by atoms with Gasteiger partial charge in [0.1, 0.15) is 23.2 Å². The van der Waals surface area contributed by atoms with Crippen LogP contribution in [0.1, 0.15) is 30.5 Å². The average Bonchev–Trinajstić information content (AvgIpc) is 2.99. The Hall–Kier alpha value is -2.27. The Morgan fingerprint density at radius 3 is 2.56 bits per heavy atom. The Labute approximate surface area is 149 Å². The molecule has 6 heteroatoms. The summed E-state index contributed by atoms with van der Waals surface area (Å²) in [5.74, 6) is -2.61. The molecule has 0 spiro atoms. The first-order chi connectivity index (χ1) is 11.7. The molecule has 0 fully saturated rings. The molecular formula is C19H16ClF2N3. The van der Waals surface area contributed by atoms with E-state index in [2.05, 4.69) is 9.98 Å². The summed E-state index contributed by atoms with van der Waals surface area (Å²) in [4.78, 5) is 8.77. The molecule has 25 heavy (non-hydrogen) atoms. The number of hydrogen-bond donors (Lipinski definition) is 0. The number of imidazole rings is 1. The van der Waals surface area contributed by atoms with Crippen LogP contribution in [0.4, 0.5) is 8.78 Å². The third-order valence-electron chi connectivity index (χ3n) is 4.74. The second-order valence-electron chi connectivity index (χ2n) is 6.79. The van der Waals surface area contributed by atoms with Gasteiger partial charge in [-0.1, -0.05) is 41.9 Å². The highest BCUT2D eigenvalue weighted by molar-refractivity contribution is 6.35. The lowest BCUT2D eigenvalue weighted by molar-refractivity contribution is -0.0684. The molecule has 0 N–H and O–H groups in total. The van der Waals surface area contributed by atoms with Gasteiger partial charge in [-0.25, -0.2) is 4.98 Å². The van der Waals surface area contributed by atoms with Crippen LogP contribution < -0.4 is 0 Å². The molecule has 0 radical (unpaired) electrons. The minimum absolute atomic E-state index is 0.0231. The van der Waals surface area contributed by atoms with Crippen LogP contribution in [-0.2, 0) is 5.92 Å². The lowest BCUT2D eigenvalue weighted by Crippen LogP contribution is -2.45. The van der Waals surface area contributed by atoms with Gasteiger partial charge in [-0.3, -0.25) is 9.56 Å². The second-order valence-corrected chi connectivity index (χ2v) is 7.17. The summed E-state index contributed by atoms with van der Waals surface area (Å²) < 4.78 is 31.5. The largest absolute Gasteiger partial charge is 0.298 e. The van der Waals surface area contributed by atoms with Gasteiger partial charge in [-0.15, -0.1) is 0 Å². The standard InChI is InChI=1S/C19H16ClF2N3/c1-11-8-9-14-16(15(11)20)23-10-25(14)17-12-6-4-5-7-13(12)19(21,22)18(2,3)24-17/h4-10H,1-3H3. The molecule has 0 saturated heterocycles. The first-order valence-corrected chi connectivity index (χ1v) is 8.32. The Morgan fingerprint density at radius 1 is 1.08 bits per heavy atom. The molecule has 0 bridgehead atoms. The van der Waals surface area contributed by atoms with Crippen molar-refractivity contribution in [1.82, 2.24) is 9.55 Å². The van der Waals surface area contributed by atoms with Gasteiger partial charge >= 0.3 is 0 Å². The highest BCUT2D eigenvalue weighted by Gasteiger charge is 2.52. The zero-order valence-electron chi connectivity index (χ0n) is 14.0. The predicted octanol–water partition coefficient (Wildman–Crippen LogP) is 5.18. The van der Waals surface area contributed by atoms with Gasteiger partial charge < -0.3 is 0 Å². The van der Waals surface area contributed by atoms with Gasteiger partial charge in [0.25, 0.3) is 5.92 Å². The number of halogens is 3. The molecule has 1 aliphatic rings. The molecule has 0 atom stereocenters. The summed E-state index contributed by atoms with van der Waals surface area (Å²) in [6.45, 7) is 4.79. The van der Waals surface area contributed by atoms with Crippen LogP contribution in [0.5, 0.6) is 0 Å². The predicted molar refractivity (Wildman–Crippen MR) is 95.8 cm³/mol. The number of aromatic nitrogens is 2. The van der Waals surface area contributed by atoms with E-state index in [9.17, 15) is 8.78 Å². The SMILES string of the molecule is Cc1ccc2c(ncn2C2=NC(C)(C)C(F)(F)c3ccccc32)c1Cl. The quantitative estimate of drug-likeness (QED) is 0.544. The second kappa shape index (κ2) is 5.11. The number of rotatable bonds is 0. The van der Waals surface area contributed by atoms with E-state index in [1.165, 1.54) is 19.9 Å². The lowest BCUT2D eigenvalue weighted by Gasteiger charge is -2.37. The number of nitrogens with zero attached hydrogens (tertiary/aromatic N) is 3. The molecule has 0 amide bonds. The molecule has 3 nitrogen and oxygen atoms in total. The van der Waals surface area contributed by atoms with E-state index < -0.39 is 11.5 Å². The van der Waals surface area contributed by atoms with Crippen LogP contribution in [-0.4, -0.2) is 20.9 Å². The van der Waals surface area contributed by atoms with E-state index in [0.717, 1.165) is 11.1 Å². The van der Waals surface area contributed by atoms with Crippen molar-refractivity contribution >= 4 is 28.5 Å². The fourth-order valence-electron chi connectivity index (χ4n) is 3.18. The van der Waals surface area contributed by atoms with Crippen LogP contribution >= 0.6 is 11.6 Å². The normalized spacial score (nSPS) is 18.1. The monoisotopic (exact) mass is 359 g/mol. The third-order valence-corrected chi connectivity index (χ3v) is 5.22. The summed E-state index contributed by atoms with van der Waals surface area (Å²) >= 11 is 6.34. The third kappa shape index (κ3) is 2.15. The van der Waals surface area contributed by atoms with Crippen LogP contribution in [0.3, 0.4) is 0 Å². The number of aryl methyl sites for hydroxylation is 1. The summed E-state index contributed by atoms with van der Waals surface area (Å²) in [5.41, 5.74) is 1.11. The van der Waals surface area contributed by atoms with Crippen molar-refractivity contribution in [3.8, 4) is 0 Å². The topological polar surface area (TPSA) is 30.2 Å². The molecule has 0 aliphatic carbocycles. The molecule has 2 aromatic carbocycles. The molecule has 0 unspecified atom stereocenters. The molecule has 0 saturated carbocycles. The highest BCUT2D eigenvalue weighted by atomic mass is 35.5. The van der Waals surface area contributed by atoms with Gasteiger partial charge in [0, 0.05) is 11.1 Å². The Kier molecular flexibility index (Phi) is 3.32. The summed E-state index contributed by atoms with van der Waals surface area (Å²) in [5, 5.41) is 0.561. The first-order valence-electron chi connectivity index (χ1n) is 7.94. The van der Waals surface area contributed by atoms with Gasteiger partial charge in [-0.05, 0) is 32.4 Å². The molecule has 4 rings (SSSR count). The van der Waals surface area contributed by atoms with Crippen LogP contribution in [0, 0.1) is 6.92 Å². The van der Waals surface area contributed by atoms with E-state index in [1.54, 1.807) is 29.1 Å².